The minimum atomic E-state index is -0.0214. The van der Waals surface area contributed by atoms with Gasteiger partial charge in [-0.25, -0.2) is 0 Å². The Labute approximate surface area is 78.8 Å². The van der Waals surface area contributed by atoms with E-state index in [1.807, 2.05) is 6.92 Å². The molecule has 1 saturated carbocycles. The molecule has 1 aliphatic heterocycles. The molecule has 1 heterocycles. The molecule has 2 fully saturated rings. The first kappa shape index (κ1) is 9.00. The van der Waals surface area contributed by atoms with Crippen LogP contribution in [0.3, 0.4) is 0 Å². The van der Waals surface area contributed by atoms with Gasteiger partial charge in [-0.05, 0) is 31.6 Å². The van der Waals surface area contributed by atoms with E-state index in [4.69, 9.17) is 4.74 Å². The number of fused-ring (bicyclic) bond motifs is 2. The van der Waals surface area contributed by atoms with Crippen LogP contribution in [0.15, 0.2) is 0 Å². The molecule has 0 aromatic carbocycles. The van der Waals surface area contributed by atoms with E-state index in [0.29, 0.717) is 19.1 Å². The summed E-state index contributed by atoms with van der Waals surface area (Å²) in [6, 6.07) is 0.675. The normalized spacial score (nSPS) is 36.5. The average Bonchev–Trinajstić information content (AvgIpc) is 2.63. The van der Waals surface area contributed by atoms with Crippen LogP contribution in [-0.4, -0.2) is 25.2 Å². The first-order chi connectivity index (χ1) is 6.24. The van der Waals surface area contributed by atoms with Gasteiger partial charge >= 0.3 is 5.97 Å². The smallest absolute Gasteiger partial charge is 0.306 e. The molecule has 0 aromatic rings. The Morgan fingerprint density at radius 1 is 1.69 bits per heavy atom. The Bertz CT molecular complexity index is 207. The number of hydrogen-bond donors (Lipinski definition) is 1. The van der Waals surface area contributed by atoms with E-state index in [-0.39, 0.29) is 11.4 Å². The fraction of sp³-hybridized carbons (Fsp3) is 0.900. The fourth-order valence-corrected chi connectivity index (χ4v) is 2.64. The number of rotatable bonds is 3. The highest BCUT2D eigenvalue weighted by Crippen LogP contribution is 2.45. The van der Waals surface area contributed by atoms with Crippen LogP contribution < -0.4 is 5.32 Å². The molecule has 1 saturated heterocycles. The lowest BCUT2D eigenvalue weighted by atomic mass is 9.84. The number of nitrogens with one attached hydrogen (secondary N) is 1. The summed E-state index contributed by atoms with van der Waals surface area (Å²) in [6.07, 6.45) is 4.22. The van der Waals surface area contributed by atoms with Crippen molar-refractivity contribution in [3.05, 3.63) is 0 Å². The molecule has 0 amide bonds. The molecule has 0 spiro atoms. The first-order valence-electron chi connectivity index (χ1n) is 5.13. The first-order valence-corrected chi connectivity index (χ1v) is 5.13. The second kappa shape index (κ2) is 3.29. The standard InChI is InChI=1S/C10H17NO2/c1-2-13-9(12)6-10-4-3-8(5-10)11-7-10/h8,11H,2-7H2,1H3. The van der Waals surface area contributed by atoms with Crippen molar-refractivity contribution >= 4 is 5.97 Å². The van der Waals surface area contributed by atoms with Crippen LogP contribution in [0, 0.1) is 5.41 Å². The molecule has 2 atom stereocenters. The van der Waals surface area contributed by atoms with E-state index >= 15 is 0 Å². The van der Waals surface area contributed by atoms with Crippen molar-refractivity contribution in [2.24, 2.45) is 5.41 Å². The SMILES string of the molecule is CCOC(=O)CC12CCC(C1)NC2. The zero-order valence-electron chi connectivity index (χ0n) is 8.14. The van der Waals surface area contributed by atoms with Crippen LogP contribution in [0.5, 0.6) is 0 Å². The van der Waals surface area contributed by atoms with Crippen LogP contribution in [0.25, 0.3) is 0 Å². The molecule has 74 valence electrons. The Kier molecular flexibility index (Phi) is 2.28. The molecule has 2 aliphatic rings. The Hall–Kier alpha value is -0.570. The highest BCUT2D eigenvalue weighted by molar-refractivity contribution is 5.70. The van der Waals surface area contributed by atoms with E-state index in [9.17, 15) is 4.79 Å². The lowest BCUT2D eigenvalue weighted by Gasteiger charge is -2.24. The van der Waals surface area contributed by atoms with Gasteiger partial charge in [0, 0.05) is 12.6 Å². The maximum absolute atomic E-state index is 11.3. The van der Waals surface area contributed by atoms with Crippen LogP contribution in [0.1, 0.15) is 32.6 Å². The minimum absolute atomic E-state index is 0.0214. The maximum atomic E-state index is 11.3. The molecular formula is C10H17NO2. The molecule has 0 aromatic heterocycles. The summed E-state index contributed by atoms with van der Waals surface area (Å²) in [7, 11) is 0. The van der Waals surface area contributed by atoms with Crippen molar-refractivity contribution in [1.29, 1.82) is 0 Å². The van der Waals surface area contributed by atoms with E-state index in [0.717, 1.165) is 6.54 Å². The quantitative estimate of drug-likeness (QED) is 0.665. The van der Waals surface area contributed by atoms with Gasteiger partial charge in [-0.2, -0.15) is 0 Å². The molecule has 3 nitrogen and oxygen atoms in total. The van der Waals surface area contributed by atoms with Gasteiger partial charge in [0.05, 0.1) is 13.0 Å². The summed E-state index contributed by atoms with van der Waals surface area (Å²) >= 11 is 0. The van der Waals surface area contributed by atoms with Gasteiger partial charge in [0.25, 0.3) is 0 Å². The van der Waals surface area contributed by atoms with Crippen molar-refractivity contribution in [3.63, 3.8) is 0 Å². The van der Waals surface area contributed by atoms with Crippen LogP contribution in [0.2, 0.25) is 0 Å². The van der Waals surface area contributed by atoms with Crippen molar-refractivity contribution in [2.45, 2.75) is 38.6 Å². The molecule has 2 rings (SSSR count). The molecule has 3 heteroatoms. The molecule has 13 heavy (non-hydrogen) atoms. The highest BCUT2D eigenvalue weighted by atomic mass is 16.5. The monoisotopic (exact) mass is 183 g/mol. The van der Waals surface area contributed by atoms with Gasteiger partial charge in [-0.15, -0.1) is 0 Å². The molecule has 2 bridgehead atoms. The third-order valence-electron chi connectivity index (χ3n) is 3.29. The lowest BCUT2D eigenvalue weighted by molar-refractivity contribution is -0.145. The number of carbonyl (C=O) groups excluding carboxylic acids is 1. The summed E-state index contributed by atoms with van der Waals surface area (Å²) in [4.78, 5) is 11.3. The van der Waals surface area contributed by atoms with Crippen LogP contribution in [0.4, 0.5) is 0 Å². The number of carbonyl (C=O) groups is 1. The Balaban J connectivity index is 1.90. The third-order valence-corrected chi connectivity index (χ3v) is 3.29. The van der Waals surface area contributed by atoms with Gasteiger partial charge in [0.2, 0.25) is 0 Å². The molecule has 1 N–H and O–H groups in total. The summed E-state index contributed by atoms with van der Waals surface area (Å²) < 4.78 is 4.98. The van der Waals surface area contributed by atoms with Gasteiger partial charge in [-0.3, -0.25) is 4.79 Å². The van der Waals surface area contributed by atoms with Crippen LogP contribution in [-0.2, 0) is 9.53 Å². The summed E-state index contributed by atoms with van der Waals surface area (Å²) in [5, 5.41) is 3.44. The summed E-state index contributed by atoms with van der Waals surface area (Å²) in [5.74, 6) is -0.0214. The Morgan fingerprint density at radius 3 is 3.00 bits per heavy atom. The van der Waals surface area contributed by atoms with Crippen molar-refractivity contribution in [2.75, 3.05) is 13.2 Å². The molecule has 2 unspecified atom stereocenters. The summed E-state index contributed by atoms with van der Waals surface area (Å²) in [6.45, 7) is 3.38. The highest BCUT2D eigenvalue weighted by Gasteiger charge is 2.46. The summed E-state index contributed by atoms with van der Waals surface area (Å²) in [5.41, 5.74) is 0.247. The van der Waals surface area contributed by atoms with E-state index in [1.165, 1.54) is 19.3 Å². The molecular weight excluding hydrogens is 166 g/mol. The topological polar surface area (TPSA) is 38.3 Å². The van der Waals surface area contributed by atoms with Crippen LogP contribution >= 0.6 is 0 Å². The molecule has 0 radical (unpaired) electrons. The number of ether oxygens (including phenoxy) is 1. The number of piperidine rings is 1. The zero-order chi connectivity index (χ0) is 9.31. The predicted octanol–water partition coefficient (Wildman–Crippen LogP) is 1.08. The minimum Gasteiger partial charge on any atom is -0.466 e. The average molecular weight is 183 g/mol. The van der Waals surface area contributed by atoms with E-state index in [1.54, 1.807) is 0 Å². The second-order valence-corrected chi connectivity index (χ2v) is 4.30. The van der Waals surface area contributed by atoms with Crippen molar-refractivity contribution in [1.82, 2.24) is 5.32 Å². The predicted molar refractivity (Wildman–Crippen MR) is 49.3 cm³/mol. The number of esters is 1. The van der Waals surface area contributed by atoms with Crippen molar-refractivity contribution < 1.29 is 9.53 Å². The number of hydrogen-bond acceptors (Lipinski definition) is 3. The largest absolute Gasteiger partial charge is 0.466 e. The maximum Gasteiger partial charge on any atom is 0.306 e. The fourth-order valence-electron chi connectivity index (χ4n) is 2.64. The van der Waals surface area contributed by atoms with E-state index in [2.05, 4.69) is 5.32 Å². The van der Waals surface area contributed by atoms with Gasteiger partial charge in [-0.1, -0.05) is 0 Å². The zero-order valence-corrected chi connectivity index (χ0v) is 8.14. The molecule has 1 aliphatic carbocycles. The van der Waals surface area contributed by atoms with Gasteiger partial charge in [0.1, 0.15) is 0 Å². The lowest BCUT2D eigenvalue weighted by Crippen LogP contribution is -2.31. The Morgan fingerprint density at radius 2 is 2.54 bits per heavy atom. The third kappa shape index (κ3) is 1.70. The van der Waals surface area contributed by atoms with Gasteiger partial charge < -0.3 is 10.1 Å². The van der Waals surface area contributed by atoms with Crippen molar-refractivity contribution in [3.8, 4) is 0 Å². The second-order valence-electron chi connectivity index (χ2n) is 4.30. The van der Waals surface area contributed by atoms with Gasteiger partial charge in [0.15, 0.2) is 0 Å². The van der Waals surface area contributed by atoms with E-state index < -0.39 is 0 Å².